The van der Waals surface area contributed by atoms with Crippen LogP contribution in [0.25, 0.3) is 0 Å². The first-order valence-corrected chi connectivity index (χ1v) is 5.71. The standard InChI is InChI=1S/C13H10FN3O4/c14-10-2-1-3-11(12(10)13(15)16-18)21-9-6-4-8(5-7-9)17(19)20/h1-7,18H,(H2,15,16). The number of nitro benzene ring substituents is 1. The molecule has 0 aliphatic rings. The molecule has 0 heterocycles. The molecule has 0 bridgehead atoms. The molecule has 0 spiro atoms. The summed E-state index contributed by atoms with van der Waals surface area (Å²) in [6.45, 7) is 0. The number of oxime groups is 1. The van der Waals surface area contributed by atoms with Crippen molar-refractivity contribution < 1.29 is 19.3 Å². The van der Waals surface area contributed by atoms with Crippen LogP contribution in [0.4, 0.5) is 10.1 Å². The van der Waals surface area contributed by atoms with Gasteiger partial charge in [0.1, 0.15) is 17.3 Å². The van der Waals surface area contributed by atoms with E-state index in [9.17, 15) is 14.5 Å². The van der Waals surface area contributed by atoms with Gasteiger partial charge in [-0.25, -0.2) is 4.39 Å². The summed E-state index contributed by atoms with van der Waals surface area (Å²) in [6, 6.07) is 9.17. The quantitative estimate of drug-likeness (QED) is 0.296. The maximum atomic E-state index is 13.7. The van der Waals surface area contributed by atoms with Crippen LogP contribution in [0.2, 0.25) is 0 Å². The summed E-state index contributed by atoms with van der Waals surface area (Å²) >= 11 is 0. The SMILES string of the molecule is NC(=NO)c1c(F)cccc1Oc1ccc([N+](=O)[O-])cc1. The predicted octanol–water partition coefficient (Wildman–Crippen LogP) is 2.62. The van der Waals surface area contributed by atoms with Gasteiger partial charge < -0.3 is 15.7 Å². The molecule has 2 aromatic rings. The summed E-state index contributed by atoms with van der Waals surface area (Å²) < 4.78 is 19.1. The number of hydrogen-bond donors (Lipinski definition) is 2. The topological polar surface area (TPSA) is 111 Å². The lowest BCUT2D eigenvalue weighted by molar-refractivity contribution is -0.384. The van der Waals surface area contributed by atoms with Gasteiger partial charge in [0.2, 0.25) is 0 Å². The molecule has 2 aromatic carbocycles. The largest absolute Gasteiger partial charge is 0.456 e. The number of nitro groups is 1. The Morgan fingerprint density at radius 2 is 1.95 bits per heavy atom. The van der Waals surface area contributed by atoms with E-state index >= 15 is 0 Å². The van der Waals surface area contributed by atoms with E-state index in [2.05, 4.69) is 5.16 Å². The minimum atomic E-state index is -0.718. The summed E-state index contributed by atoms with van der Waals surface area (Å²) in [5, 5.41) is 22.0. The molecule has 0 aromatic heterocycles. The zero-order valence-corrected chi connectivity index (χ0v) is 10.6. The lowest BCUT2D eigenvalue weighted by atomic mass is 10.1. The predicted molar refractivity (Wildman–Crippen MR) is 72.1 cm³/mol. The smallest absolute Gasteiger partial charge is 0.269 e. The molecule has 0 radical (unpaired) electrons. The van der Waals surface area contributed by atoms with Crippen LogP contribution < -0.4 is 10.5 Å². The Kier molecular flexibility index (Phi) is 3.98. The van der Waals surface area contributed by atoms with Gasteiger partial charge in [-0.1, -0.05) is 11.2 Å². The van der Waals surface area contributed by atoms with Crippen LogP contribution >= 0.6 is 0 Å². The van der Waals surface area contributed by atoms with Gasteiger partial charge in [0.05, 0.1) is 10.5 Å². The maximum Gasteiger partial charge on any atom is 0.269 e. The van der Waals surface area contributed by atoms with E-state index in [-0.39, 0.29) is 22.7 Å². The minimum Gasteiger partial charge on any atom is -0.456 e. The fraction of sp³-hybridized carbons (Fsp3) is 0. The van der Waals surface area contributed by atoms with Gasteiger partial charge in [0.25, 0.3) is 5.69 Å². The average Bonchev–Trinajstić information content (AvgIpc) is 2.47. The Bertz CT molecular complexity index is 701. The molecular formula is C13H10FN3O4. The van der Waals surface area contributed by atoms with Crippen LogP contribution in [-0.4, -0.2) is 16.0 Å². The van der Waals surface area contributed by atoms with Crippen LogP contribution in [0.5, 0.6) is 11.5 Å². The zero-order chi connectivity index (χ0) is 15.4. The van der Waals surface area contributed by atoms with Crippen molar-refractivity contribution in [1.29, 1.82) is 0 Å². The lowest BCUT2D eigenvalue weighted by Gasteiger charge is -2.10. The molecule has 8 heteroatoms. The third kappa shape index (κ3) is 3.06. The Morgan fingerprint density at radius 3 is 2.52 bits per heavy atom. The highest BCUT2D eigenvalue weighted by Crippen LogP contribution is 2.28. The Balaban J connectivity index is 2.35. The van der Waals surface area contributed by atoms with E-state index < -0.39 is 16.6 Å². The fourth-order valence-corrected chi connectivity index (χ4v) is 1.65. The molecular weight excluding hydrogens is 281 g/mol. The van der Waals surface area contributed by atoms with Crippen molar-refractivity contribution in [2.75, 3.05) is 0 Å². The molecule has 0 saturated heterocycles. The first-order valence-electron chi connectivity index (χ1n) is 5.71. The highest BCUT2D eigenvalue weighted by Gasteiger charge is 2.15. The van der Waals surface area contributed by atoms with Crippen molar-refractivity contribution >= 4 is 11.5 Å². The number of benzene rings is 2. The van der Waals surface area contributed by atoms with E-state index in [0.717, 1.165) is 6.07 Å². The molecule has 7 nitrogen and oxygen atoms in total. The van der Waals surface area contributed by atoms with Gasteiger partial charge >= 0.3 is 0 Å². The summed E-state index contributed by atoms with van der Waals surface area (Å²) in [5.74, 6) is -0.882. The third-order valence-electron chi connectivity index (χ3n) is 2.61. The van der Waals surface area contributed by atoms with Gasteiger partial charge in [0.15, 0.2) is 5.84 Å². The maximum absolute atomic E-state index is 13.7. The number of ether oxygens (including phenoxy) is 1. The molecule has 108 valence electrons. The monoisotopic (exact) mass is 291 g/mol. The van der Waals surface area contributed by atoms with Gasteiger partial charge in [-0.3, -0.25) is 10.1 Å². The molecule has 0 amide bonds. The van der Waals surface area contributed by atoms with E-state index in [1.807, 2.05) is 0 Å². The summed E-state index contributed by atoms with van der Waals surface area (Å²) in [6.07, 6.45) is 0. The van der Waals surface area contributed by atoms with Crippen molar-refractivity contribution in [3.8, 4) is 11.5 Å². The second-order valence-electron chi connectivity index (χ2n) is 3.95. The van der Waals surface area contributed by atoms with Crippen molar-refractivity contribution in [1.82, 2.24) is 0 Å². The number of amidine groups is 1. The normalized spacial score (nSPS) is 11.2. The van der Waals surface area contributed by atoms with E-state index in [1.165, 1.54) is 36.4 Å². The number of halogens is 1. The minimum absolute atomic E-state index is 0.0270. The molecule has 3 N–H and O–H groups in total. The molecule has 0 aliphatic carbocycles. The van der Waals surface area contributed by atoms with Crippen LogP contribution in [0.15, 0.2) is 47.6 Å². The van der Waals surface area contributed by atoms with Gasteiger partial charge in [-0.15, -0.1) is 0 Å². The second kappa shape index (κ2) is 5.87. The van der Waals surface area contributed by atoms with Crippen LogP contribution in [0, 0.1) is 15.9 Å². The van der Waals surface area contributed by atoms with Crippen LogP contribution in [-0.2, 0) is 0 Å². The van der Waals surface area contributed by atoms with Crippen molar-refractivity contribution in [2.45, 2.75) is 0 Å². The van der Waals surface area contributed by atoms with Crippen molar-refractivity contribution in [3.05, 3.63) is 64.0 Å². The number of rotatable bonds is 4. The molecule has 0 fully saturated rings. The van der Waals surface area contributed by atoms with Gasteiger partial charge in [-0.2, -0.15) is 0 Å². The molecule has 0 saturated carbocycles. The summed E-state index contributed by atoms with van der Waals surface area (Å²) in [4.78, 5) is 10.0. The number of non-ortho nitro benzene ring substituents is 1. The third-order valence-corrected chi connectivity index (χ3v) is 2.61. The zero-order valence-electron chi connectivity index (χ0n) is 10.6. The molecule has 21 heavy (non-hydrogen) atoms. The number of nitrogens with zero attached hydrogens (tertiary/aromatic N) is 2. The molecule has 0 unspecified atom stereocenters. The van der Waals surface area contributed by atoms with Crippen LogP contribution in [0.3, 0.4) is 0 Å². The van der Waals surface area contributed by atoms with Crippen molar-refractivity contribution in [3.63, 3.8) is 0 Å². The summed E-state index contributed by atoms with van der Waals surface area (Å²) in [7, 11) is 0. The van der Waals surface area contributed by atoms with E-state index in [1.54, 1.807) is 0 Å². The van der Waals surface area contributed by atoms with Crippen LogP contribution in [0.1, 0.15) is 5.56 Å². The second-order valence-corrected chi connectivity index (χ2v) is 3.95. The fourth-order valence-electron chi connectivity index (χ4n) is 1.65. The Morgan fingerprint density at radius 1 is 1.29 bits per heavy atom. The highest BCUT2D eigenvalue weighted by molar-refractivity contribution is 5.99. The van der Waals surface area contributed by atoms with E-state index in [4.69, 9.17) is 15.7 Å². The number of hydrogen-bond acceptors (Lipinski definition) is 5. The Labute approximate surface area is 118 Å². The first kappa shape index (κ1) is 14.3. The van der Waals surface area contributed by atoms with Crippen molar-refractivity contribution in [2.24, 2.45) is 10.9 Å². The molecule has 0 aliphatic heterocycles. The summed E-state index contributed by atoms with van der Waals surface area (Å²) in [5.41, 5.74) is 5.11. The molecule has 2 rings (SSSR count). The average molecular weight is 291 g/mol. The van der Waals surface area contributed by atoms with E-state index in [0.29, 0.717) is 0 Å². The Hall–Kier alpha value is -3.16. The first-order chi connectivity index (χ1) is 10.0. The van der Waals surface area contributed by atoms with Gasteiger partial charge in [-0.05, 0) is 24.3 Å². The van der Waals surface area contributed by atoms with Gasteiger partial charge in [0, 0.05) is 12.1 Å². The molecule has 0 atom stereocenters. The highest BCUT2D eigenvalue weighted by atomic mass is 19.1. The lowest BCUT2D eigenvalue weighted by Crippen LogP contribution is -2.16. The number of nitrogens with two attached hydrogens (primary N) is 1.